The van der Waals surface area contributed by atoms with E-state index in [-0.39, 0.29) is 0 Å². The molecule has 0 saturated heterocycles. The van der Waals surface area contributed by atoms with Gasteiger partial charge in [-0.3, -0.25) is 0 Å². The van der Waals surface area contributed by atoms with Crippen molar-refractivity contribution in [3.8, 4) is 0 Å². The van der Waals surface area contributed by atoms with Gasteiger partial charge in [-0.1, -0.05) is 29.8 Å². The Kier molecular flexibility index (Phi) is 3.22. The van der Waals surface area contributed by atoms with Crippen molar-refractivity contribution >= 4 is 27.3 Å². The maximum Gasteiger partial charge on any atom is 0.131 e. The molecule has 2 rings (SSSR count). The topological polar surface area (TPSA) is 25.8 Å². The number of nitrogens with zero attached hydrogens (tertiary/aromatic N) is 2. The van der Waals surface area contributed by atoms with E-state index in [1.807, 2.05) is 0 Å². The van der Waals surface area contributed by atoms with Crippen LogP contribution in [0.4, 0.5) is 0 Å². The molecule has 2 atom stereocenters. The van der Waals surface area contributed by atoms with E-state index in [0.29, 0.717) is 10.7 Å². The van der Waals surface area contributed by atoms with Gasteiger partial charge in [0.25, 0.3) is 0 Å². The maximum absolute atomic E-state index is 4.28. The lowest BCUT2D eigenvalue weighted by Gasteiger charge is -2.03. The Labute approximate surface area is 97.3 Å². The molecular formula is C10H15BrN2S. The highest BCUT2D eigenvalue weighted by Gasteiger charge is 2.31. The summed E-state index contributed by atoms with van der Waals surface area (Å²) in [6.45, 7) is 4.43. The van der Waals surface area contributed by atoms with Crippen LogP contribution < -0.4 is 0 Å². The van der Waals surface area contributed by atoms with Gasteiger partial charge in [-0.25, -0.2) is 0 Å². The second-order valence-corrected chi connectivity index (χ2v) is 6.13. The van der Waals surface area contributed by atoms with Crippen molar-refractivity contribution in [1.29, 1.82) is 0 Å². The molecule has 0 N–H and O–H groups in total. The van der Waals surface area contributed by atoms with E-state index >= 15 is 0 Å². The van der Waals surface area contributed by atoms with Crippen LogP contribution in [0.1, 0.15) is 53.9 Å². The van der Waals surface area contributed by atoms with Crippen molar-refractivity contribution in [3.63, 3.8) is 0 Å². The zero-order valence-electron chi connectivity index (χ0n) is 8.53. The summed E-state index contributed by atoms with van der Waals surface area (Å²) < 4.78 is 0. The summed E-state index contributed by atoms with van der Waals surface area (Å²) in [6.07, 6.45) is 3.83. The Hall–Kier alpha value is 0.0400. The first-order chi connectivity index (χ1) is 6.72. The second kappa shape index (κ2) is 4.27. The minimum absolute atomic E-state index is 0.389. The quantitative estimate of drug-likeness (QED) is 0.779. The average Bonchev–Trinajstić information content (AvgIpc) is 2.93. The van der Waals surface area contributed by atoms with Crippen LogP contribution >= 0.6 is 27.3 Å². The Balaban J connectivity index is 2.08. The van der Waals surface area contributed by atoms with Crippen molar-refractivity contribution in [2.45, 2.75) is 43.9 Å². The van der Waals surface area contributed by atoms with Crippen LogP contribution in [-0.2, 0) is 0 Å². The van der Waals surface area contributed by atoms with E-state index in [4.69, 9.17) is 0 Å². The predicted molar refractivity (Wildman–Crippen MR) is 63.0 cm³/mol. The molecule has 14 heavy (non-hydrogen) atoms. The van der Waals surface area contributed by atoms with Crippen LogP contribution in [0, 0.1) is 5.92 Å². The Morgan fingerprint density at radius 2 is 2.07 bits per heavy atom. The maximum atomic E-state index is 4.28. The van der Waals surface area contributed by atoms with Gasteiger partial charge in [-0.05, 0) is 25.2 Å². The SMILES string of the molecule is CCC(Br)c1nnc(C(C)C2CC2)s1. The fourth-order valence-corrected chi connectivity index (χ4v) is 2.95. The molecule has 1 heterocycles. The molecule has 0 aromatic carbocycles. The Bertz CT molecular complexity index is 309. The molecule has 2 unspecified atom stereocenters. The Morgan fingerprint density at radius 3 is 2.64 bits per heavy atom. The minimum atomic E-state index is 0.389. The molecule has 2 nitrogen and oxygen atoms in total. The van der Waals surface area contributed by atoms with Crippen LogP contribution in [0.15, 0.2) is 0 Å². The van der Waals surface area contributed by atoms with Gasteiger partial charge >= 0.3 is 0 Å². The number of hydrogen-bond acceptors (Lipinski definition) is 3. The van der Waals surface area contributed by atoms with Gasteiger partial charge < -0.3 is 0 Å². The summed E-state index contributed by atoms with van der Waals surface area (Å²) in [4.78, 5) is 0.389. The van der Waals surface area contributed by atoms with Crippen molar-refractivity contribution in [1.82, 2.24) is 10.2 Å². The van der Waals surface area contributed by atoms with Gasteiger partial charge in [0.1, 0.15) is 10.0 Å². The Morgan fingerprint density at radius 1 is 1.43 bits per heavy atom. The smallest absolute Gasteiger partial charge is 0.131 e. The molecule has 1 aromatic heterocycles. The summed E-state index contributed by atoms with van der Waals surface area (Å²) >= 11 is 5.38. The standard InChI is InChI=1S/C10H15BrN2S/c1-3-8(11)10-13-12-9(14-10)6(2)7-4-5-7/h6-8H,3-5H2,1-2H3. The third kappa shape index (κ3) is 2.16. The summed E-state index contributed by atoms with van der Waals surface area (Å²) in [5, 5.41) is 10.9. The summed E-state index contributed by atoms with van der Waals surface area (Å²) in [5.74, 6) is 1.50. The monoisotopic (exact) mass is 274 g/mol. The van der Waals surface area contributed by atoms with E-state index in [1.54, 1.807) is 11.3 Å². The van der Waals surface area contributed by atoms with Crippen molar-refractivity contribution < 1.29 is 0 Å². The molecule has 4 heteroatoms. The largest absolute Gasteiger partial charge is 0.143 e. The molecule has 0 spiro atoms. The molecule has 0 amide bonds. The minimum Gasteiger partial charge on any atom is -0.143 e. The van der Waals surface area contributed by atoms with Gasteiger partial charge in [-0.15, -0.1) is 21.5 Å². The molecule has 1 saturated carbocycles. The number of aromatic nitrogens is 2. The normalized spacial score (nSPS) is 20.8. The van der Waals surface area contributed by atoms with E-state index in [1.165, 1.54) is 17.8 Å². The van der Waals surface area contributed by atoms with Crippen molar-refractivity contribution in [2.24, 2.45) is 5.92 Å². The van der Waals surface area contributed by atoms with Crippen LogP contribution in [0.3, 0.4) is 0 Å². The number of halogens is 1. The van der Waals surface area contributed by atoms with Gasteiger partial charge in [0.15, 0.2) is 0 Å². The lowest BCUT2D eigenvalue weighted by atomic mass is 10.1. The third-order valence-corrected chi connectivity index (χ3v) is 5.42. The first-order valence-corrected chi connectivity index (χ1v) is 6.93. The lowest BCUT2D eigenvalue weighted by molar-refractivity contribution is 0.650. The first kappa shape index (κ1) is 10.6. The zero-order valence-corrected chi connectivity index (χ0v) is 10.9. The van der Waals surface area contributed by atoms with Crippen LogP contribution in [0.2, 0.25) is 0 Å². The predicted octanol–water partition coefficient (Wildman–Crippen LogP) is 3.90. The molecule has 1 fully saturated rings. The fraction of sp³-hybridized carbons (Fsp3) is 0.800. The molecule has 78 valence electrons. The van der Waals surface area contributed by atoms with Gasteiger partial charge in [-0.2, -0.15) is 0 Å². The van der Waals surface area contributed by atoms with Crippen LogP contribution in [0.25, 0.3) is 0 Å². The summed E-state index contributed by atoms with van der Waals surface area (Å²) in [6, 6.07) is 0. The molecule has 0 aliphatic heterocycles. The highest BCUT2D eigenvalue weighted by Crippen LogP contribution is 2.43. The number of rotatable bonds is 4. The van der Waals surface area contributed by atoms with Crippen molar-refractivity contribution in [2.75, 3.05) is 0 Å². The van der Waals surface area contributed by atoms with E-state index < -0.39 is 0 Å². The van der Waals surface area contributed by atoms with E-state index in [0.717, 1.165) is 17.3 Å². The van der Waals surface area contributed by atoms with E-state index in [9.17, 15) is 0 Å². The van der Waals surface area contributed by atoms with Crippen LogP contribution in [0.5, 0.6) is 0 Å². The fourth-order valence-electron chi connectivity index (χ4n) is 1.53. The second-order valence-electron chi connectivity index (χ2n) is 3.98. The molecule has 1 aliphatic carbocycles. The highest BCUT2D eigenvalue weighted by molar-refractivity contribution is 9.09. The molecule has 0 radical (unpaired) electrons. The van der Waals surface area contributed by atoms with Gasteiger partial charge in [0.2, 0.25) is 0 Å². The highest BCUT2D eigenvalue weighted by atomic mass is 79.9. The number of hydrogen-bond donors (Lipinski definition) is 0. The lowest BCUT2D eigenvalue weighted by Crippen LogP contribution is -1.93. The molecule has 1 aliphatic rings. The third-order valence-electron chi connectivity index (χ3n) is 2.80. The van der Waals surface area contributed by atoms with E-state index in [2.05, 4.69) is 40.0 Å². The van der Waals surface area contributed by atoms with Gasteiger partial charge in [0.05, 0.1) is 4.83 Å². The van der Waals surface area contributed by atoms with Gasteiger partial charge in [0, 0.05) is 5.92 Å². The summed E-state index contributed by atoms with van der Waals surface area (Å²) in [7, 11) is 0. The first-order valence-electron chi connectivity index (χ1n) is 5.19. The summed E-state index contributed by atoms with van der Waals surface area (Å²) in [5.41, 5.74) is 0. The molecule has 0 bridgehead atoms. The zero-order chi connectivity index (χ0) is 10.1. The number of alkyl halides is 1. The average molecular weight is 275 g/mol. The van der Waals surface area contributed by atoms with Crippen molar-refractivity contribution in [3.05, 3.63) is 10.0 Å². The molecule has 1 aromatic rings. The molecular weight excluding hydrogens is 260 g/mol. The van der Waals surface area contributed by atoms with Crippen LogP contribution in [-0.4, -0.2) is 10.2 Å².